The van der Waals surface area contributed by atoms with Crippen molar-refractivity contribution in [2.75, 3.05) is 32.4 Å². The number of hydrogen-bond acceptors (Lipinski definition) is 5. The Kier molecular flexibility index (Phi) is 3.82. The highest BCUT2D eigenvalue weighted by Gasteiger charge is 2.29. The van der Waals surface area contributed by atoms with Crippen LogP contribution in [-0.4, -0.2) is 53.4 Å². The number of carbonyl (C=O) groups excluding carboxylic acids is 1. The van der Waals surface area contributed by atoms with Crippen molar-refractivity contribution in [2.45, 2.75) is 19.4 Å². The standard InChI is InChI=1S/C15H20N4OS/c1-3-10-9-19(8-7-18(10)2)15(20)14-12(16)13-11(21-14)5-4-6-17-13/h4-6,10H,3,7-9,16H2,1-2H3. The van der Waals surface area contributed by atoms with Gasteiger partial charge in [0, 0.05) is 31.9 Å². The molecule has 2 aromatic heterocycles. The number of anilines is 1. The molecule has 6 heteroatoms. The highest BCUT2D eigenvalue weighted by Crippen LogP contribution is 2.33. The molecule has 1 unspecified atom stereocenters. The smallest absolute Gasteiger partial charge is 0.266 e. The first kappa shape index (κ1) is 14.3. The molecule has 112 valence electrons. The number of piperazine rings is 1. The quantitative estimate of drug-likeness (QED) is 0.922. The Bertz CT molecular complexity index is 669. The molecule has 1 aliphatic rings. The fraction of sp³-hybridized carbons (Fsp3) is 0.467. The Morgan fingerprint density at radius 2 is 2.33 bits per heavy atom. The molecule has 2 aromatic rings. The molecule has 2 N–H and O–H groups in total. The van der Waals surface area contributed by atoms with Gasteiger partial charge >= 0.3 is 0 Å². The molecular formula is C15H20N4OS. The van der Waals surface area contributed by atoms with Crippen molar-refractivity contribution in [2.24, 2.45) is 0 Å². The molecule has 0 saturated carbocycles. The molecule has 1 fully saturated rings. The summed E-state index contributed by atoms with van der Waals surface area (Å²) in [5.41, 5.74) is 7.39. The molecule has 0 radical (unpaired) electrons. The molecule has 1 atom stereocenters. The molecule has 3 heterocycles. The number of carbonyl (C=O) groups is 1. The van der Waals surface area contributed by atoms with Gasteiger partial charge in [-0.05, 0) is 25.6 Å². The lowest BCUT2D eigenvalue weighted by Gasteiger charge is -2.39. The van der Waals surface area contributed by atoms with E-state index in [4.69, 9.17) is 5.73 Å². The van der Waals surface area contributed by atoms with Crippen molar-refractivity contribution in [3.8, 4) is 0 Å². The first-order valence-electron chi connectivity index (χ1n) is 7.24. The van der Waals surface area contributed by atoms with Crippen molar-refractivity contribution in [1.82, 2.24) is 14.8 Å². The molecular weight excluding hydrogens is 284 g/mol. The maximum atomic E-state index is 12.8. The van der Waals surface area contributed by atoms with Crippen LogP contribution in [0.15, 0.2) is 18.3 Å². The van der Waals surface area contributed by atoms with Gasteiger partial charge in [-0.3, -0.25) is 14.7 Å². The van der Waals surface area contributed by atoms with E-state index in [1.165, 1.54) is 11.3 Å². The SMILES string of the molecule is CCC1CN(C(=O)c2sc3cccnc3c2N)CCN1C. The highest BCUT2D eigenvalue weighted by atomic mass is 32.1. The molecule has 5 nitrogen and oxygen atoms in total. The van der Waals surface area contributed by atoms with Crippen LogP contribution in [0, 0.1) is 0 Å². The van der Waals surface area contributed by atoms with Gasteiger partial charge in [0.15, 0.2) is 0 Å². The second-order valence-electron chi connectivity index (χ2n) is 5.49. The van der Waals surface area contributed by atoms with E-state index in [-0.39, 0.29) is 5.91 Å². The van der Waals surface area contributed by atoms with Crippen molar-refractivity contribution in [1.29, 1.82) is 0 Å². The van der Waals surface area contributed by atoms with E-state index in [1.807, 2.05) is 17.0 Å². The molecule has 0 aromatic carbocycles. The van der Waals surface area contributed by atoms with Crippen LogP contribution >= 0.6 is 11.3 Å². The number of hydrogen-bond donors (Lipinski definition) is 1. The van der Waals surface area contributed by atoms with Crippen LogP contribution < -0.4 is 5.73 Å². The molecule has 3 rings (SSSR count). The number of fused-ring (bicyclic) bond motifs is 1. The number of pyridine rings is 1. The minimum Gasteiger partial charge on any atom is -0.396 e. The Morgan fingerprint density at radius 1 is 1.52 bits per heavy atom. The monoisotopic (exact) mass is 304 g/mol. The van der Waals surface area contributed by atoms with Crippen LogP contribution in [0.2, 0.25) is 0 Å². The molecule has 1 amide bonds. The van der Waals surface area contributed by atoms with Crippen LogP contribution in [0.3, 0.4) is 0 Å². The minimum atomic E-state index is 0.0436. The lowest BCUT2D eigenvalue weighted by atomic mass is 10.1. The van der Waals surface area contributed by atoms with Gasteiger partial charge in [-0.1, -0.05) is 6.92 Å². The summed E-state index contributed by atoms with van der Waals surface area (Å²) in [5.74, 6) is 0.0436. The van der Waals surface area contributed by atoms with E-state index in [9.17, 15) is 4.79 Å². The second kappa shape index (κ2) is 5.61. The summed E-state index contributed by atoms with van der Waals surface area (Å²) < 4.78 is 0.972. The zero-order valence-electron chi connectivity index (χ0n) is 12.4. The average molecular weight is 304 g/mol. The van der Waals surface area contributed by atoms with Gasteiger partial charge in [-0.25, -0.2) is 0 Å². The average Bonchev–Trinajstić information content (AvgIpc) is 2.85. The van der Waals surface area contributed by atoms with Crippen molar-refractivity contribution >= 4 is 33.1 Å². The largest absolute Gasteiger partial charge is 0.396 e. The molecule has 1 saturated heterocycles. The summed E-state index contributed by atoms with van der Waals surface area (Å²) in [6.07, 6.45) is 2.76. The van der Waals surface area contributed by atoms with E-state index in [0.29, 0.717) is 16.6 Å². The number of nitrogens with zero attached hydrogens (tertiary/aromatic N) is 3. The predicted octanol–water partition coefficient (Wildman–Crippen LogP) is 2.04. The summed E-state index contributed by atoms with van der Waals surface area (Å²) in [4.78, 5) is 21.9. The van der Waals surface area contributed by atoms with Crippen LogP contribution in [0.25, 0.3) is 10.2 Å². The second-order valence-corrected chi connectivity index (χ2v) is 6.54. The summed E-state index contributed by atoms with van der Waals surface area (Å²) in [5, 5.41) is 0. The van der Waals surface area contributed by atoms with Crippen molar-refractivity contribution < 1.29 is 4.79 Å². The first-order chi connectivity index (χ1) is 10.1. The van der Waals surface area contributed by atoms with Gasteiger partial charge in [-0.15, -0.1) is 11.3 Å². The van der Waals surface area contributed by atoms with E-state index in [0.717, 1.165) is 36.3 Å². The third kappa shape index (κ3) is 2.49. The lowest BCUT2D eigenvalue weighted by molar-refractivity contribution is 0.0547. The van der Waals surface area contributed by atoms with E-state index in [1.54, 1.807) is 6.20 Å². The topological polar surface area (TPSA) is 62.5 Å². The van der Waals surface area contributed by atoms with Crippen LogP contribution in [-0.2, 0) is 0 Å². The number of rotatable bonds is 2. The molecule has 1 aliphatic heterocycles. The minimum absolute atomic E-state index is 0.0436. The first-order valence-corrected chi connectivity index (χ1v) is 8.06. The Balaban J connectivity index is 1.88. The van der Waals surface area contributed by atoms with Crippen molar-refractivity contribution in [3.05, 3.63) is 23.2 Å². The maximum absolute atomic E-state index is 12.8. The van der Waals surface area contributed by atoms with Crippen LogP contribution in [0.4, 0.5) is 5.69 Å². The molecule has 0 aliphatic carbocycles. The normalized spacial score (nSPS) is 20.1. The number of likely N-dealkylation sites (N-methyl/N-ethyl adjacent to an activating group) is 1. The third-order valence-electron chi connectivity index (χ3n) is 4.21. The molecule has 0 bridgehead atoms. The number of amides is 1. The van der Waals surface area contributed by atoms with Gasteiger partial charge in [-0.2, -0.15) is 0 Å². The van der Waals surface area contributed by atoms with Gasteiger partial charge in [0.05, 0.1) is 10.4 Å². The molecule has 0 spiro atoms. The van der Waals surface area contributed by atoms with Crippen molar-refractivity contribution in [3.63, 3.8) is 0 Å². The fourth-order valence-electron chi connectivity index (χ4n) is 2.82. The Hall–Kier alpha value is -1.66. The van der Waals surface area contributed by atoms with Crippen LogP contribution in [0.1, 0.15) is 23.0 Å². The van der Waals surface area contributed by atoms with Gasteiger partial charge in [0.25, 0.3) is 5.91 Å². The van der Waals surface area contributed by atoms with Gasteiger partial charge in [0.2, 0.25) is 0 Å². The summed E-state index contributed by atoms with van der Waals surface area (Å²) >= 11 is 1.44. The zero-order chi connectivity index (χ0) is 15.0. The van der Waals surface area contributed by atoms with E-state index >= 15 is 0 Å². The Morgan fingerprint density at radius 3 is 3.05 bits per heavy atom. The number of nitrogens with two attached hydrogens (primary N) is 1. The summed E-state index contributed by atoms with van der Waals surface area (Å²) in [7, 11) is 2.12. The lowest BCUT2D eigenvalue weighted by Crippen LogP contribution is -2.52. The Labute approximate surface area is 128 Å². The third-order valence-corrected chi connectivity index (χ3v) is 5.36. The zero-order valence-corrected chi connectivity index (χ0v) is 13.2. The maximum Gasteiger partial charge on any atom is 0.266 e. The number of thiophene rings is 1. The molecule has 21 heavy (non-hydrogen) atoms. The summed E-state index contributed by atoms with van der Waals surface area (Å²) in [6, 6.07) is 4.26. The van der Waals surface area contributed by atoms with E-state index in [2.05, 4.69) is 23.9 Å². The van der Waals surface area contributed by atoms with Gasteiger partial charge in [0.1, 0.15) is 10.4 Å². The van der Waals surface area contributed by atoms with Crippen LogP contribution in [0.5, 0.6) is 0 Å². The highest BCUT2D eigenvalue weighted by molar-refractivity contribution is 7.21. The number of aromatic nitrogens is 1. The fourth-order valence-corrected chi connectivity index (χ4v) is 3.87. The number of nitrogen functional groups attached to an aromatic ring is 1. The predicted molar refractivity (Wildman–Crippen MR) is 86.6 cm³/mol. The van der Waals surface area contributed by atoms with E-state index < -0.39 is 0 Å². The summed E-state index contributed by atoms with van der Waals surface area (Å²) in [6.45, 7) is 4.60. The van der Waals surface area contributed by atoms with Gasteiger partial charge < -0.3 is 10.6 Å².